The van der Waals surface area contributed by atoms with Crippen LogP contribution in [-0.2, 0) is 9.53 Å². The van der Waals surface area contributed by atoms with Gasteiger partial charge in [0.1, 0.15) is 0 Å². The smallest absolute Gasteiger partial charge is 0.309 e. The molecular weight excluding hydrogens is 218 g/mol. The molecule has 0 aliphatic rings. The van der Waals surface area contributed by atoms with Gasteiger partial charge in [0, 0.05) is 13.2 Å². The van der Waals surface area contributed by atoms with Gasteiger partial charge in [-0.3, -0.25) is 4.79 Å². The number of rotatable bonds is 9. The van der Waals surface area contributed by atoms with Gasteiger partial charge < -0.3 is 14.7 Å². The van der Waals surface area contributed by atoms with Gasteiger partial charge in [-0.1, -0.05) is 6.42 Å². The number of ether oxygens (including phenoxy) is 1. The van der Waals surface area contributed by atoms with Crippen molar-refractivity contribution in [2.45, 2.75) is 46.1 Å². The van der Waals surface area contributed by atoms with E-state index in [4.69, 9.17) is 9.84 Å². The van der Waals surface area contributed by atoms with E-state index in [0.717, 1.165) is 32.4 Å². The van der Waals surface area contributed by atoms with Crippen LogP contribution in [0, 0.1) is 5.41 Å². The fourth-order valence-electron chi connectivity index (χ4n) is 1.62. The largest absolute Gasteiger partial charge is 0.481 e. The molecule has 102 valence electrons. The van der Waals surface area contributed by atoms with Crippen LogP contribution in [-0.4, -0.2) is 49.3 Å². The van der Waals surface area contributed by atoms with E-state index in [-0.39, 0.29) is 0 Å². The number of methoxy groups -OCH3 is 1. The van der Waals surface area contributed by atoms with Gasteiger partial charge in [0.25, 0.3) is 0 Å². The summed E-state index contributed by atoms with van der Waals surface area (Å²) in [7, 11) is 3.78. The molecule has 0 aliphatic heterocycles. The van der Waals surface area contributed by atoms with Crippen LogP contribution in [0.25, 0.3) is 0 Å². The molecule has 0 saturated carbocycles. The SMILES string of the molecule is COCC(C)N(C)CCCCC(C)(C)C(=O)O. The second-order valence-electron chi connectivity index (χ2n) is 5.43. The molecule has 1 unspecified atom stereocenters. The van der Waals surface area contributed by atoms with Crippen molar-refractivity contribution in [3.8, 4) is 0 Å². The minimum atomic E-state index is -0.710. The lowest BCUT2D eigenvalue weighted by Crippen LogP contribution is -2.33. The zero-order valence-corrected chi connectivity index (χ0v) is 11.8. The predicted octanol–water partition coefficient (Wildman–Crippen LogP) is 2.23. The molecule has 0 heterocycles. The maximum Gasteiger partial charge on any atom is 0.309 e. The van der Waals surface area contributed by atoms with Crippen LogP contribution in [0.15, 0.2) is 0 Å². The van der Waals surface area contributed by atoms with Crippen LogP contribution in [0.1, 0.15) is 40.0 Å². The van der Waals surface area contributed by atoms with Crippen molar-refractivity contribution < 1.29 is 14.6 Å². The van der Waals surface area contributed by atoms with E-state index in [0.29, 0.717) is 6.04 Å². The molecule has 0 saturated heterocycles. The Bertz CT molecular complexity index is 229. The topological polar surface area (TPSA) is 49.8 Å². The molecule has 4 nitrogen and oxygen atoms in total. The highest BCUT2D eigenvalue weighted by Crippen LogP contribution is 2.23. The molecule has 0 fully saturated rings. The monoisotopic (exact) mass is 245 g/mol. The minimum Gasteiger partial charge on any atom is -0.481 e. The third-order valence-electron chi connectivity index (χ3n) is 3.30. The Labute approximate surface area is 105 Å². The average molecular weight is 245 g/mol. The summed E-state index contributed by atoms with van der Waals surface area (Å²) in [6.45, 7) is 7.42. The number of carboxylic acids is 1. The molecule has 0 aromatic heterocycles. The maximum atomic E-state index is 10.9. The molecule has 0 aromatic rings. The van der Waals surface area contributed by atoms with Gasteiger partial charge in [-0.2, -0.15) is 0 Å². The molecule has 0 aliphatic carbocycles. The van der Waals surface area contributed by atoms with Crippen molar-refractivity contribution in [3.05, 3.63) is 0 Å². The van der Waals surface area contributed by atoms with E-state index < -0.39 is 11.4 Å². The van der Waals surface area contributed by atoms with Crippen molar-refractivity contribution in [2.24, 2.45) is 5.41 Å². The van der Waals surface area contributed by atoms with Gasteiger partial charge in [-0.05, 0) is 47.2 Å². The molecule has 1 atom stereocenters. The van der Waals surface area contributed by atoms with E-state index in [9.17, 15) is 4.79 Å². The summed E-state index contributed by atoms with van der Waals surface area (Å²) < 4.78 is 5.10. The third kappa shape index (κ3) is 6.64. The van der Waals surface area contributed by atoms with Crippen molar-refractivity contribution >= 4 is 5.97 Å². The first-order valence-electron chi connectivity index (χ1n) is 6.24. The summed E-state index contributed by atoms with van der Waals surface area (Å²) in [5.41, 5.74) is -0.600. The fraction of sp³-hybridized carbons (Fsp3) is 0.923. The first-order chi connectivity index (χ1) is 7.81. The number of nitrogens with zero attached hydrogens (tertiary/aromatic N) is 1. The van der Waals surface area contributed by atoms with Gasteiger partial charge >= 0.3 is 5.97 Å². The van der Waals surface area contributed by atoms with Crippen LogP contribution in [0.2, 0.25) is 0 Å². The molecular formula is C13H27NO3. The third-order valence-corrected chi connectivity index (χ3v) is 3.30. The highest BCUT2D eigenvalue weighted by molar-refractivity contribution is 5.73. The minimum absolute atomic E-state index is 0.410. The molecule has 1 N–H and O–H groups in total. The number of unbranched alkanes of at least 4 members (excludes halogenated alkanes) is 1. The van der Waals surface area contributed by atoms with Crippen LogP contribution in [0.4, 0.5) is 0 Å². The molecule has 0 amide bonds. The summed E-state index contributed by atoms with van der Waals surface area (Å²) in [5.74, 6) is -0.710. The molecule has 0 spiro atoms. The maximum absolute atomic E-state index is 10.9. The molecule has 17 heavy (non-hydrogen) atoms. The molecule has 4 heteroatoms. The lowest BCUT2D eigenvalue weighted by atomic mass is 9.87. The molecule has 0 aromatic carbocycles. The van der Waals surface area contributed by atoms with E-state index in [2.05, 4.69) is 18.9 Å². The Morgan fingerprint density at radius 2 is 2.00 bits per heavy atom. The number of carbonyl (C=O) groups is 1. The Hall–Kier alpha value is -0.610. The summed E-state index contributed by atoms with van der Waals surface area (Å²) in [6.07, 6.45) is 2.71. The van der Waals surface area contributed by atoms with Crippen LogP contribution >= 0.6 is 0 Å². The summed E-state index contributed by atoms with van der Waals surface area (Å²) in [5, 5.41) is 8.98. The van der Waals surface area contributed by atoms with E-state index >= 15 is 0 Å². The van der Waals surface area contributed by atoms with E-state index in [1.54, 1.807) is 21.0 Å². The Kier molecular flexibility index (Phi) is 7.39. The van der Waals surface area contributed by atoms with Gasteiger partial charge in [0.05, 0.1) is 12.0 Å². The first kappa shape index (κ1) is 16.4. The van der Waals surface area contributed by atoms with Crippen LogP contribution in [0.3, 0.4) is 0 Å². The predicted molar refractivity (Wildman–Crippen MR) is 69.2 cm³/mol. The highest BCUT2D eigenvalue weighted by atomic mass is 16.5. The standard InChI is InChI=1S/C13H27NO3/c1-11(10-17-5)14(4)9-7-6-8-13(2,3)12(15)16/h11H,6-10H2,1-5H3,(H,15,16). The zero-order chi connectivity index (χ0) is 13.5. The molecule has 0 rings (SSSR count). The van der Waals surface area contributed by atoms with Gasteiger partial charge in [-0.15, -0.1) is 0 Å². The second-order valence-corrected chi connectivity index (χ2v) is 5.43. The highest BCUT2D eigenvalue weighted by Gasteiger charge is 2.26. The molecule has 0 bridgehead atoms. The number of hydrogen-bond acceptors (Lipinski definition) is 3. The molecule has 0 radical (unpaired) electrons. The fourth-order valence-corrected chi connectivity index (χ4v) is 1.62. The quantitative estimate of drug-likeness (QED) is 0.633. The Morgan fingerprint density at radius 1 is 1.41 bits per heavy atom. The van der Waals surface area contributed by atoms with Crippen molar-refractivity contribution in [2.75, 3.05) is 27.3 Å². The Balaban J connectivity index is 3.74. The number of likely N-dealkylation sites (N-methyl/N-ethyl adjacent to an activating group) is 1. The Morgan fingerprint density at radius 3 is 2.47 bits per heavy atom. The summed E-state index contributed by atoms with van der Waals surface area (Å²) in [4.78, 5) is 13.2. The van der Waals surface area contributed by atoms with Crippen LogP contribution < -0.4 is 0 Å². The number of hydrogen-bond donors (Lipinski definition) is 1. The second kappa shape index (κ2) is 7.67. The zero-order valence-electron chi connectivity index (χ0n) is 11.8. The van der Waals surface area contributed by atoms with Gasteiger partial charge in [0.15, 0.2) is 0 Å². The lowest BCUT2D eigenvalue weighted by Gasteiger charge is -2.24. The lowest BCUT2D eigenvalue weighted by molar-refractivity contribution is -0.147. The van der Waals surface area contributed by atoms with Crippen molar-refractivity contribution in [3.63, 3.8) is 0 Å². The van der Waals surface area contributed by atoms with Crippen LogP contribution in [0.5, 0.6) is 0 Å². The summed E-state index contributed by atoms with van der Waals surface area (Å²) >= 11 is 0. The number of aliphatic carboxylic acids is 1. The van der Waals surface area contributed by atoms with E-state index in [1.165, 1.54) is 0 Å². The average Bonchev–Trinajstić information content (AvgIpc) is 2.24. The number of carboxylic acid groups (broad SMARTS) is 1. The van der Waals surface area contributed by atoms with Crippen molar-refractivity contribution in [1.82, 2.24) is 4.90 Å². The first-order valence-corrected chi connectivity index (χ1v) is 6.24. The summed E-state index contributed by atoms with van der Waals surface area (Å²) in [6, 6.07) is 0.410. The van der Waals surface area contributed by atoms with Gasteiger partial charge in [-0.25, -0.2) is 0 Å². The van der Waals surface area contributed by atoms with E-state index in [1.807, 2.05) is 0 Å². The normalized spacial score (nSPS) is 14.0. The van der Waals surface area contributed by atoms with Crippen molar-refractivity contribution in [1.29, 1.82) is 0 Å². The van der Waals surface area contributed by atoms with Gasteiger partial charge in [0.2, 0.25) is 0 Å².